The number of nitrogens with zero attached hydrogens (tertiary/aromatic N) is 1. The van der Waals surface area contributed by atoms with Crippen molar-refractivity contribution in [3.8, 4) is 0 Å². The van der Waals surface area contributed by atoms with Crippen LogP contribution in [0.15, 0.2) is 36.3 Å². The molecule has 0 saturated carbocycles. The molecule has 14 heavy (non-hydrogen) atoms. The van der Waals surface area contributed by atoms with E-state index in [1.165, 1.54) is 6.08 Å². The predicted octanol–water partition coefficient (Wildman–Crippen LogP) is 2.61. The molecule has 1 unspecified atom stereocenters. The van der Waals surface area contributed by atoms with E-state index in [1.807, 2.05) is 26.0 Å². The molecule has 0 fully saturated rings. The Morgan fingerprint density at radius 2 is 2.21 bits per heavy atom. The van der Waals surface area contributed by atoms with Crippen molar-refractivity contribution in [1.82, 2.24) is 10.3 Å². The van der Waals surface area contributed by atoms with Crippen LogP contribution in [-0.2, 0) is 0 Å². The van der Waals surface area contributed by atoms with Crippen LogP contribution >= 0.6 is 0 Å². The molecule has 3 heteroatoms. The fourth-order valence-corrected chi connectivity index (χ4v) is 1.25. The van der Waals surface area contributed by atoms with Gasteiger partial charge in [-0.25, -0.2) is 4.39 Å². The van der Waals surface area contributed by atoms with Gasteiger partial charge >= 0.3 is 0 Å². The molecule has 1 heterocycles. The number of alkyl halides is 1. The molecule has 0 radical (unpaired) electrons. The van der Waals surface area contributed by atoms with Crippen LogP contribution in [0, 0.1) is 0 Å². The van der Waals surface area contributed by atoms with Crippen LogP contribution in [0.1, 0.15) is 25.5 Å². The van der Waals surface area contributed by atoms with Crippen LogP contribution in [0.5, 0.6) is 0 Å². The summed E-state index contributed by atoms with van der Waals surface area (Å²) in [6, 6.07) is 4.07. The lowest BCUT2D eigenvalue weighted by Gasteiger charge is -2.15. The van der Waals surface area contributed by atoms with Gasteiger partial charge in [-0.1, -0.05) is 0 Å². The molecule has 0 spiro atoms. The van der Waals surface area contributed by atoms with Crippen LogP contribution < -0.4 is 5.32 Å². The lowest BCUT2D eigenvalue weighted by atomic mass is 10.1. The zero-order valence-corrected chi connectivity index (χ0v) is 8.50. The first-order valence-electron chi connectivity index (χ1n) is 4.63. The molecule has 0 aliphatic heterocycles. The van der Waals surface area contributed by atoms with Crippen molar-refractivity contribution in [2.75, 3.05) is 6.67 Å². The largest absolute Gasteiger partial charge is 0.382 e. The van der Waals surface area contributed by atoms with Gasteiger partial charge in [-0.15, -0.1) is 0 Å². The molecule has 0 saturated heterocycles. The van der Waals surface area contributed by atoms with Crippen LogP contribution in [0.2, 0.25) is 0 Å². The van der Waals surface area contributed by atoms with Gasteiger partial charge in [0.25, 0.3) is 0 Å². The molecule has 1 aromatic rings. The van der Waals surface area contributed by atoms with Gasteiger partial charge in [0.05, 0.1) is 0 Å². The van der Waals surface area contributed by atoms with Crippen LogP contribution in [-0.4, -0.2) is 11.7 Å². The van der Waals surface area contributed by atoms with Crippen LogP contribution in [0.25, 0.3) is 0 Å². The molecule has 1 atom stereocenters. The minimum Gasteiger partial charge on any atom is -0.382 e. The minimum absolute atomic E-state index is 0.181. The third-order valence-corrected chi connectivity index (χ3v) is 2.03. The Kier molecular flexibility index (Phi) is 4.11. The maximum atomic E-state index is 12.0. The lowest BCUT2D eigenvalue weighted by Crippen LogP contribution is -2.16. The SMILES string of the molecule is C/C(=C/CF)NC(C)c1ccncc1. The number of halogens is 1. The second-order valence-corrected chi connectivity index (χ2v) is 3.19. The van der Waals surface area contributed by atoms with Crippen molar-refractivity contribution in [3.05, 3.63) is 41.9 Å². The topological polar surface area (TPSA) is 24.9 Å². The Balaban J connectivity index is 2.59. The molecular formula is C11H15FN2. The molecule has 0 bridgehead atoms. The predicted molar refractivity (Wildman–Crippen MR) is 55.5 cm³/mol. The molecular weight excluding hydrogens is 179 g/mol. The Morgan fingerprint density at radius 3 is 2.79 bits per heavy atom. The summed E-state index contributed by atoms with van der Waals surface area (Å²) < 4.78 is 12.0. The smallest absolute Gasteiger partial charge is 0.110 e. The van der Waals surface area contributed by atoms with Crippen molar-refractivity contribution in [2.45, 2.75) is 19.9 Å². The zero-order chi connectivity index (χ0) is 10.4. The van der Waals surface area contributed by atoms with Crippen molar-refractivity contribution in [1.29, 1.82) is 0 Å². The van der Waals surface area contributed by atoms with E-state index in [9.17, 15) is 4.39 Å². The second-order valence-electron chi connectivity index (χ2n) is 3.19. The fraction of sp³-hybridized carbons (Fsp3) is 0.364. The first-order chi connectivity index (χ1) is 6.74. The molecule has 1 N–H and O–H groups in total. The van der Waals surface area contributed by atoms with E-state index in [0.717, 1.165) is 11.3 Å². The Morgan fingerprint density at radius 1 is 1.57 bits per heavy atom. The summed E-state index contributed by atoms with van der Waals surface area (Å²) in [4.78, 5) is 3.94. The lowest BCUT2D eigenvalue weighted by molar-refractivity contribution is 0.552. The number of pyridine rings is 1. The van der Waals surface area contributed by atoms with Gasteiger partial charge in [-0.2, -0.15) is 0 Å². The number of hydrogen-bond acceptors (Lipinski definition) is 2. The highest BCUT2D eigenvalue weighted by Crippen LogP contribution is 2.11. The van der Waals surface area contributed by atoms with Gasteiger partial charge in [-0.3, -0.25) is 4.98 Å². The van der Waals surface area contributed by atoms with Crippen molar-refractivity contribution < 1.29 is 4.39 Å². The van der Waals surface area contributed by atoms with Crippen LogP contribution in [0.4, 0.5) is 4.39 Å². The van der Waals surface area contributed by atoms with Crippen molar-refractivity contribution in [2.24, 2.45) is 0 Å². The summed E-state index contributed by atoms with van der Waals surface area (Å²) in [5.74, 6) is 0. The molecule has 1 aromatic heterocycles. The summed E-state index contributed by atoms with van der Waals surface area (Å²) in [7, 11) is 0. The van der Waals surface area contributed by atoms with Gasteiger partial charge in [0.1, 0.15) is 6.67 Å². The van der Waals surface area contributed by atoms with E-state index in [-0.39, 0.29) is 6.04 Å². The number of hydrogen-bond donors (Lipinski definition) is 1. The normalized spacial score (nSPS) is 13.8. The summed E-state index contributed by atoms with van der Waals surface area (Å²) in [5, 5.41) is 3.19. The summed E-state index contributed by atoms with van der Waals surface area (Å²) >= 11 is 0. The minimum atomic E-state index is -0.429. The van der Waals surface area contributed by atoms with E-state index in [2.05, 4.69) is 10.3 Å². The highest BCUT2D eigenvalue weighted by molar-refractivity contribution is 5.16. The molecule has 2 nitrogen and oxygen atoms in total. The van der Waals surface area contributed by atoms with Crippen LogP contribution in [0.3, 0.4) is 0 Å². The van der Waals surface area contributed by atoms with E-state index < -0.39 is 6.67 Å². The average Bonchev–Trinajstić information content (AvgIpc) is 2.19. The van der Waals surface area contributed by atoms with Gasteiger partial charge in [0.2, 0.25) is 0 Å². The first kappa shape index (κ1) is 10.7. The first-order valence-corrected chi connectivity index (χ1v) is 4.63. The molecule has 1 rings (SSSR count). The third-order valence-electron chi connectivity index (χ3n) is 2.03. The fourth-order valence-electron chi connectivity index (χ4n) is 1.25. The van der Waals surface area contributed by atoms with Crippen molar-refractivity contribution in [3.63, 3.8) is 0 Å². The van der Waals surface area contributed by atoms with Gasteiger partial charge in [0.15, 0.2) is 0 Å². The summed E-state index contributed by atoms with van der Waals surface area (Å²) in [6.45, 7) is 3.46. The standard InChI is InChI=1S/C11H15FN2/c1-9(3-6-12)14-10(2)11-4-7-13-8-5-11/h3-5,7-8,10,14H,6H2,1-2H3/b9-3-. The number of nitrogens with one attached hydrogen (secondary N) is 1. The molecule has 76 valence electrons. The molecule has 0 amide bonds. The monoisotopic (exact) mass is 194 g/mol. The molecule has 0 aliphatic carbocycles. The second kappa shape index (κ2) is 5.37. The summed E-state index contributed by atoms with van der Waals surface area (Å²) in [6.07, 6.45) is 5.03. The van der Waals surface area contributed by atoms with E-state index in [0.29, 0.717) is 0 Å². The highest BCUT2D eigenvalue weighted by atomic mass is 19.1. The maximum absolute atomic E-state index is 12.0. The zero-order valence-electron chi connectivity index (χ0n) is 8.50. The third kappa shape index (κ3) is 3.17. The van der Waals surface area contributed by atoms with E-state index in [4.69, 9.17) is 0 Å². The Hall–Kier alpha value is -1.38. The van der Waals surface area contributed by atoms with Gasteiger partial charge in [-0.05, 0) is 37.6 Å². The number of allylic oxidation sites excluding steroid dienone is 2. The molecule has 0 aromatic carbocycles. The number of aromatic nitrogens is 1. The van der Waals surface area contributed by atoms with E-state index in [1.54, 1.807) is 12.4 Å². The maximum Gasteiger partial charge on any atom is 0.110 e. The molecule has 0 aliphatic rings. The average molecular weight is 194 g/mol. The van der Waals surface area contributed by atoms with Crippen molar-refractivity contribution >= 4 is 0 Å². The van der Waals surface area contributed by atoms with Gasteiger partial charge in [0, 0.05) is 24.1 Å². The number of rotatable bonds is 4. The highest BCUT2D eigenvalue weighted by Gasteiger charge is 2.03. The Bertz CT molecular complexity index is 295. The summed E-state index contributed by atoms with van der Waals surface area (Å²) in [5.41, 5.74) is 2.00. The van der Waals surface area contributed by atoms with Gasteiger partial charge < -0.3 is 5.32 Å². The Labute approximate surface area is 83.9 Å². The van der Waals surface area contributed by atoms with E-state index >= 15 is 0 Å². The quantitative estimate of drug-likeness (QED) is 0.797.